The number of nitrogens with zero attached hydrogens (tertiary/aromatic N) is 1. The number of carbonyl (C=O) groups is 1. The summed E-state index contributed by atoms with van der Waals surface area (Å²) in [5.74, 6) is -1.23. The summed E-state index contributed by atoms with van der Waals surface area (Å²) >= 11 is 3.15. The first-order valence-corrected chi connectivity index (χ1v) is 5.58. The van der Waals surface area contributed by atoms with Crippen molar-refractivity contribution in [2.45, 2.75) is 19.5 Å². The van der Waals surface area contributed by atoms with E-state index in [1.807, 2.05) is 0 Å². The van der Waals surface area contributed by atoms with Crippen molar-refractivity contribution in [3.8, 4) is 0 Å². The maximum Gasteiger partial charge on any atom is 0.320 e. The zero-order valence-electron chi connectivity index (χ0n) is 9.08. The average molecular weight is 290 g/mol. The Morgan fingerprint density at radius 3 is 2.81 bits per heavy atom. The summed E-state index contributed by atoms with van der Waals surface area (Å²) < 4.78 is 13.6. The van der Waals surface area contributed by atoms with E-state index in [1.54, 1.807) is 31.0 Å². The van der Waals surface area contributed by atoms with Crippen LogP contribution < -0.4 is 0 Å². The minimum Gasteiger partial charge on any atom is -0.480 e. The van der Waals surface area contributed by atoms with Gasteiger partial charge in [-0.25, -0.2) is 4.39 Å². The minimum absolute atomic E-state index is 0.339. The lowest BCUT2D eigenvalue weighted by atomic mass is 10.2. The molecule has 3 nitrogen and oxygen atoms in total. The Labute approximate surface area is 102 Å². The molecule has 0 saturated heterocycles. The molecule has 0 aliphatic rings. The lowest BCUT2D eigenvalue weighted by molar-refractivity contribution is -0.142. The zero-order chi connectivity index (χ0) is 12.3. The van der Waals surface area contributed by atoms with Crippen molar-refractivity contribution in [3.05, 3.63) is 34.1 Å². The van der Waals surface area contributed by atoms with Crippen LogP contribution in [0.3, 0.4) is 0 Å². The van der Waals surface area contributed by atoms with Crippen molar-refractivity contribution in [3.63, 3.8) is 0 Å². The highest BCUT2D eigenvalue weighted by molar-refractivity contribution is 9.10. The van der Waals surface area contributed by atoms with Gasteiger partial charge in [-0.1, -0.05) is 12.1 Å². The van der Waals surface area contributed by atoms with E-state index in [1.165, 1.54) is 6.07 Å². The third-order valence-electron chi connectivity index (χ3n) is 2.47. The van der Waals surface area contributed by atoms with Gasteiger partial charge in [0.05, 0.1) is 4.47 Å². The van der Waals surface area contributed by atoms with Gasteiger partial charge in [-0.05, 0) is 41.5 Å². The van der Waals surface area contributed by atoms with E-state index in [-0.39, 0.29) is 5.82 Å². The van der Waals surface area contributed by atoms with E-state index >= 15 is 0 Å². The third-order valence-corrected chi connectivity index (χ3v) is 3.36. The highest BCUT2D eigenvalue weighted by atomic mass is 79.9. The summed E-state index contributed by atoms with van der Waals surface area (Å²) in [6.07, 6.45) is 0. The number of rotatable bonds is 4. The number of likely N-dealkylation sites (N-methyl/N-ethyl adjacent to an activating group) is 1. The maximum absolute atomic E-state index is 13.2. The quantitative estimate of drug-likeness (QED) is 0.926. The molecule has 0 bridgehead atoms. The fourth-order valence-electron chi connectivity index (χ4n) is 1.26. The Morgan fingerprint density at radius 2 is 2.25 bits per heavy atom. The standard InChI is InChI=1S/C11H13BrFNO2/c1-7(11(15)16)14(2)6-8-4-3-5-9(13)10(8)12/h3-5,7H,6H2,1-2H3,(H,15,16). The van der Waals surface area contributed by atoms with Crippen LogP contribution in [0.25, 0.3) is 0 Å². The van der Waals surface area contributed by atoms with Gasteiger partial charge in [0.1, 0.15) is 11.9 Å². The number of aliphatic carboxylic acids is 1. The van der Waals surface area contributed by atoms with Crippen molar-refractivity contribution in [1.29, 1.82) is 0 Å². The number of carboxylic acid groups (broad SMARTS) is 1. The Balaban J connectivity index is 2.81. The van der Waals surface area contributed by atoms with Crippen molar-refractivity contribution >= 4 is 21.9 Å². The van der Waals surface area contributed by atoms with E-state index in [0.29, 0.717) is 11.0 Å². The maximum atomic E-state index is 13.2. The highest BCUT2D eigenvalue weighted by Gasteiger charge is 2.18. The van der Waals surface area contributed by atoms with Crippen LogP contribution in [0.4, 0.5) is 4.39 Å². The Hall–Kier alpha value is -0.940. The molecule has 5 heteroatoms. The van der Waals surface area contributed by atoms with Gasteiger partial charge in [-0.2, -0.15) is 0 Å². The van der Waals surface area contributed by atoms with E-state index in [9.17, 15) is 9.18 Å². The number of halogens is 2. The van der Waals surface area contributed by atoms with Crippen LogP contribution in [-0.4, -0.2) is 29.1 Å². The predicted molar refractivity (Wildman–Crippen MR) is 62.7 cm³/mol. The lowest BCUT2D eigenvalue weighted by Gasteiger charge is -2.21. The topological polar surface area (TPSA) is 40.5 Å². The molecule has 1 atom stereocenters. The monoisotopic (exact) mass is 289 g/mol. The zero-order valence-corrected chi connectivity index (χ0v) is 10.7. The SMILES string of the molecule is CC(C(=O)O)N(C)Cc1cccc(F)c1Br. The largest absolute Gasteiger partial charge is 0.480 e. The average Bonchev–Trinajstić information content (AvgIpc) is 2.23. The van der Waals surface area contributed by atoms with Gasteiger partial charge in [-0.3, -0.25) is 9.69 Å². The highest BCUT2D eigenvalue weighted by Crippen LogP contribution is 2.21. The lowest BCUT2D eigenvalue weighted by Crippen LogP contribution is -2.35. The molecule has 1 aromatic rings. The van der Waals surface area contributed by atoms with Crippen molar-refractivity contribution in [2.75, 3.05) is 7.05 Å². The van der Waals surface area contributed by atoms with Gasteiger partial charge >= 0.3 is 5.97 Å². The fraction of sp³-hybridized carbons (Fsp3) is 0.364. The first kappa shape index (κ1) is 13.1. The number of hydrogen-bond acceptors (Lipinski definition) is 2. The van der Waals surface area contributed by atoms with Crippen LogP contribution >= 0.6 is 15.9 Å². The summed E-state index contributed by atoms with van der Waals surface area (Å²) in [4.78, 5) is 12.4. The first-order chi connectivity index (χ1) is 7.43. The van der Waals surface area contributed by atoms with Gasteiger partial charge in [0.2, 0.25) is 0 Å². The molecule has 0 saturated carbocycles. The van der Waals surface area contributed by atoms with Gasteiger partial charge in [0.15, 0.2) is 0 Å². The molecule has 0 heterocycles. The van der Waals surface area contributed by atoms with Crippen LogP contribution in [0.2, 0.25) is 0 Å². The number of hydrogen-bond donors (Lipinski definition) is 1. The van der Waals surface area contributed by atoms with Gasteiger partial charge in [-0.15, -0.1) is 0 Å². The molecule has 0 aliphatic carbocycles. The molecule has 88 valence electrons. The molecule has 0 aliphatic heterocycles. The van der Waals surface area contributed by atoms with Crippen LogP contribution in [0.1, 0.15) is 12.5 Å². The second kappa shape index (κ2) is 5.41. The van der Waals surface area contributed by atoms with Crippen molar-refractivity contribution < 1.29 is 14.3 Å². The second-order valence-corrected chi connectivity index (χ2v) is 4.44. The van der Waals surface area contributed by atoms with Gasteiger partial charge in [0.25, 0.3) is 0 Å². The molecule has 0 amide bonds. The molecule has 0 aromatic heterocycles. The summed E-state index contributed by atoms with van der Waals surface area (Å²) in [6.45, 7) is 1.97. The van der Waals surface area contributed by atoms with E-state index in [2.05, 4.69) is 15.9 Å². The first-order valence-electron chi connectivity index (χ1n) is 4.79. The third kappa shape index (κ3) is 3.02. The molecular weight excluding hydrogens is 277 g/mol. The molecule has 0 fully saturated rings. The predicted octanol–water partition coefficient (Wildman–Crippen LogP) is 2.49. The van der Waals surface area contributed by atoms with Crippen LogP contribution in [0.15, 0.2) is 22.7 Å². The van der Waals surface area contributed by atoms with Crippen LogP contribution in [-0.2, 0) is 11.3 Å². The molecule has 0 radical (unpaired) electrons. The van der Waals surface area contributed by atoms with E-state index in [4.69, 9.17) is 5.11 Å². The Kier molecular flexibility index (Phi) is 4.44. The van der Waals surface area contributed by atoms with E-state index in [0.717, 1.165) is 5.56 Å². The number of benzene rings is 1. The minimum atomic E-state index is -0.893. The second-order valence-electron chi connectivity index (χ2n) is 3.64. The van der Waals surface area contributed by atoms with Gasteiger partial charge in [0, 0.05) is 6.54 Å². The summed E-state index contributed by atoms with van der Waals surface area (Å²) in [5.41, 5.74) is 0.732. The molecule has 1 aromatic carbocycles. The molecule has 16 heavy (non-hydrogen) atoms. The molecule has 1 N–H and O–H groups in total. The van der Waals surface area contributed by atoms with Crippen molar-refractivity contribution in [2.24, 2.45) is 0 Å². The molecule has 0 spiro atoms. The normalized spacial score (nSPS) is 12.8. The molecule has 1 unspecified atom stereocenters. The molecule has 1 rings (SSSR count). The molecular formula is C11H13BrFNO2. The van der Waals surface area contributed by atoms with Gasteiger partial charge < -0.3 is 5.11 Å². The summed E-state index contributed by atoms with van der Waals surface area (Å²) in [5, 5.41) is 8.83. The Bertz CT molecular complexity index is 398. The Morgan fingerprint density at radius 1 is 1.62 bits per heavy atom. The van der Waals surface area contributed by atoms with Crippen LogP contribution in [0, 0.1) is 5.82 Å². The smallest absolute Gasteiger partial charge is 0.320 e. The van der Waals surface area contributed by atoms with E-state index < -0.39 is 12.0 Å². The fourth-order valence-corrected chi connectivity index (χ4v) is 1.65. The summed E-state index contributed by atoms with van der Waals surface area (Å²) in [6, 6.07) is 4.12. The van der Waals surface area contributed by atoms with Crippen molar-refractivity contribution in [1.82, 2.24) is 4.90 Å². The summed E-state index contributed by atoms with van der Waals surface area (Å²) in [7, 11) is 1.69. The van der Waals surface area contributed by atoms with Crippen LogP contribution in [0.5, 0.6) is 0 Å². The number of carboxylic acids is 1.